The van der Waals surface area contributed by atoms with Crippen LogP contribution < -0.4 is 25.8 Å². The maximum absolute atomic E-state index is 15.3. The number of nitrogens with zero attached hydrogens (tertiary/aromatic N) is 6. The zero-order valence-electron chi connectivity index (χ0n) is 39.5. The molecule has 0 radical (unpaired) electrons. The van der Waals surface area contributed by atoms with Crippen LogP contribution >= 0.6 is 11.8 Å². The summed E-state index contributed by atoms with van der Waals surface area (Å²) in [5.74, 6) is -2.13. The van der Waals surface area contributed by atoms with Gasteiger partial charge in [-0.25, -0.2) is 9.78 Å². The molecule has 4 aromatic carbocycles. The quantitative estimate of drug-likeness (QED) is 0.0458. The van der Waals surface area contributed by atoms with Crippen molar-refractivity contribution in [2.45, 2.75) is 94.2 Å². The summed E-state index contributed by atoms with van der Waals surface area (Å²) in [6, 6.07) is 34.7. The summed E-state index contributed by atoms with van der Waals surface area (Å²) in [6.45, 7) is 5.75. The molecule has 4 heterocycles. The van der Waals surface area contributed by atoms with Gasteiger partial charge in [-0.2, -0.15) is 10.5 Å². The van der Waals surface area contributed by atoms with Gasteiger partial charge in [0.2, 0.25) is 17.7 Å². The third kappa shape index (κ3) is 10.9. The van der Waals surface area contributed by atoms with Gasteiger partial charge in [0.15, 0.2) is 0 Å². The third-order valence-electron chi connectivity index (χ3n) is 12.9. The van der Waals surface area contributed by atoms with Gasteiger partial charge < -0.3 is 25.2 Å². The number of alkyl carbamates (subject to hydrolysis) is 1. The van der Waals surface area contributed by atoms with Crippen molar-refractivity contribution in [2.24, 2.45) is 0 Å². The second kappa shape index (κ2) is 22.6. The van der Waals surface area contributed by atoms with E-state index in [1.54, 1.807) is 23.1 Å². The number of amides is 6. The van der Waals surface area contributed by atoms with Gasteiger partial charge in [0.05, 0.1) is 35.4 Å². The minimum Gasteiger partial charge on any atom is -0.450 e. The highest BCUT2D eigenvalue weighted by molar-refractivity contribution is 8.00. The highest BCUT2D eigenvalue weighted by atomic mass is 32.2. The predicted octanol–water partition coefficient (Wildman–Crippen LogP) is 7.96. The maximum Gasteiger partial charge on any atom is 0.407 e. The van der Waals surface area contributed by atoms with Crippen LogP contribution in [-0.4, -0.2) is 77.3 Å². The molecule has 3 N–H and O–H groups in total. The molecule has 5 aromatic rings. The first-order chi connectivity index (χ1) is 34.5. The number of hydrogen-bond acceptors (Lipinski definition) is 13. The van der Waals surface area contributed by atoms with E-state index >= 15 is 4.79 Å². The number of aromatic nitrogens is 1. The summed E-state index contributed by atoms with van der Waals surface area (Å²) in [4.78, 5) is 89.0. The minimum absolute atomic E-state index is 0.0238. The van der Waals surface area contributed by atoms with Crippen molar-refractivity contribution in [1.82, 2.24) is 20.5 Å². The number of hydrogen-bond donors (Lipinski definition) is 3. The van der Waals surface area contributed by atoms with Crippen molar-refractivity contribution in [3.05, 3.63) is 148 Å². The van der Waals surface area contributed by atoms with Crippen LogP contribution in [0.2, 0.25) is 0 Å². The van der Waals surface area contributed by atoms with E-state index in [0.29, 0.717) is 77.9 Å². The summed E-state index contributed by atoms with van der Waals surface area (Å²) >= 11 is 1.18. The molecule has 8 rings (SSSR count). The van der Waals surface area contributed by atoms with Gasteiger partial charge in [-0.1, -0.05) is 111 Å². The van der Waals surface area contributed by atoms with Crippen molar-refractivity contribution in [1.29, 1.82) is 10.5 Å². The number of anilines is 3. The Morgan fingerprint density at radius 3 is 2.21 bits per heavy atom. The second-order valence-corrected chi connectivity index (χ2v) is 18.5. The number of carbonyl (C=O) groups is 6. The SMILES string of the molecule is CCCCOC(=O)NC1CCN(c2nc(SC(C(=O)N(Cc3ccc(CNc4cccc5c4C(=O)N(C4CCC(=O)NC4=O)C5=O)cc3)c3ccccc3)c3ccccc3)c(C#N)c(CC)c2C#N)CC1. The largest absolute Gasteiger partial charge is 0.450 e. The van der Waals surface area contributed by atoms with E-state index in [1.807, 2.05) is 104 Å². The van der Waals surface area contributed by atoms with E-state index in [4.69, 9.17) is 9.72 Å². The molecule has 2 fully saturated rings. The Morgan fingerprint density at radius 2 is 1.55 bits per heavy atom. The third-order valence-corrected chi connectivity index (χ3v) is 14.1. The molecular weight excluding hydrogens is 919 g/mol. The Labute approximate surface area is 416 Å². The van der Waals surface area contributed by atoms with Gasteiger partial charge in [-0.05, 0) is 78.6 Å². The monoisotopic (exact) mass is 971 g/mol. The molecule has 2 atom stereocenters. The van der Waals surface area contributed by atoms with Crippen molar-refractivity contribution < 1.29 is 33.5 Å². The van der Waals surface area contributed by atoms with Crippen LogP contribution in [-0.2, 0) is 38.6 Å². The number of carbonyl (C=O) groups excluding carboxylic acids is 6. The summed E-state index contributed by atoms with van der Waals surface area (Å²) in [5, 5.41) is 29.2. The van der Waals surface area contributed by atoms with Crippen LogP contribution in [0.25, 0.3) is 0 Å². The predicted molar refractivity (Wildman–Crippen MR) is 267 cm³/mol. The molecule has 71 heavy (non-hydrogen) atoms. The number of rotatable bonds is 17. The molecule has 0 spiro atoms. The van der Waals surface area contributed by atoms with Crippen LogP contribution in [0.4, 0.5) is 22.0 Å². The number of unbranched alkanes of at least 4 members (excludes halogenated alkanes) is 1. The molecule has 2 saturated heterocycles. The van der Waals surface area contributed by atoms with Crippen LogP contribution in [0.1, 0.15) is 112 Å². The van der Waals surface area contributed by atoms with Gasteiger partial charge in [0.1, 0.15) is 34.3 Å². The summed E-state index contributed by atoms with van der Waals surface area (Å²) in [6.07, 6.45) is 2.92. The Balaban J connectivity index is 1.03. The molecule has 362 valence electrons. The van der Waals surface area contributed by atoms with Gasteiger partial charge in [0, 0.05) is 43.5 Å². The molecule has 1 aromatic heterocycles. The first-order valence-electron chi connectivity index (χ1n) is 23.8. The lowest BCUT2D eigenvalue weighted by molar-refractivity contribution is -0.136. The smallest absolute Gasteiger partial charge is 0.407 e. The number of benzene rings is 4. The first-order valence-corrected chi connectivity index (χ1v) is 24.7. The lowest BCUT2D eigenvalue weighted by atomic mass is 10.00. The lowest BCUT2D eigenvalue weighted by Crippen LogP contribution is -2.54. The van der Waals surface area contributed by atoms with E-state index in [2.05, 4.69) is 28.1 Å². The number of para-hydroxylation sites is 1. The summed E-state index contributed by atoms with van der Waals surface area (Å²) in [5.41, 5.74) is 4.92. The average Bonchev–Trinajstić information content (AvgIpc) is 3.65. The van der Waals surface area contributed by atoms with E-state index in [9.17, 15) is 34.5 Å². The van der Waals surface area contributed by atoms with Gasteiger partial charge >= 0.3 is 6.09 Å². The van der Waals surface area contributed by atoms with E-state index in [1.165, 1.54) is 11.8 Å². The van der Waals surface area contributed by atoms with Gasteiger partial charge in [0.25, 0.3) is 11.8 Å². The van der Waals surface area contributed by atoms with E-state index in [0.717, 1.165) is 28.9 Å². The Bertz CT molecular complexity index is 2910. The van der Waals surface area contributed by atoms with Crippen LogP contribution in [0.15, 0.2) is 108 Å². The molecule has 3 aliphatic rings. The molecule has 0 bridgehead atoms. The van der Waals surface area contributed by atoms with Gasteiger partial charge in [-0.15, -0.1) is 0 Å². The molecule has 6 amide bonds. The fraction of sp³-hybridized carbons (Fsp3) is 0.315. The zero-order chi connectivity index (χ0) is 50.0. The number of nitrogens with one attached hydrogen (secondary N) is 3. The Morgan fingerprint density at radius 1 is 0.859 bits per heavy atom. The summed E-state index contributed by atoms with van der Waals surface area (Å²) in [7, 11) is 0. The van der Waals surface area contributed by atoms with Crippen molar-refractivity contribution in [3.63, 3.8) is 0 Å². The number of piperidine rings is 2. The summed E-state index contributed by atoms with van der Waals surface area (Å²) < 4.78 is 5.32. The topological polar surface area (TPSA) is 218 Å². The van der Waals surface area contributed by atoms with Crippen molar-refractivity contribution in [2.75, 3.05) is 34.8 Å². The normalized spacial score (nSPS) is 16.1. The van der Waals surface area contributed by atoms with E-state index < -0.39 is 41.0 Å². The number of pyridine rings is 1. The van der Waals surface area contributed by atoms with Crippen LogP contribution in [0.5, 0.6) is 0 Å². The molecule has 17 heteroatoms. The number of nitriles is 2. The lowest BCUT2D eigenvalue weighted by Gasteiger charge is -2.34. The molecule has 2 unspecified atom stereocenters. The van der Waals surface area contributed by atoms with Crippen LogP contribution in [0.3, 0.4) is 0 Å². The van der Waals surface area contributed by atoms with E-state index in [-0.39, 0.29) is 54.6 Å². The first kappa shape index (κ1) is 49.4. The fourth-order valence-electron chi connectivity index (χ4n) is 9.10. The van der Waals surface area contributed by atoms with Crippen molar-refractivity contribution in [3.8, 4) is 12.1 Å². The molecule has 16 nitrogen and oxygen atoms in total. The highest BCUT2D eigenvalue weighted by Crippen LogP contribution is 2.42. The molecule has 0 saturated carbocycles. The molecule has 0 aliphatic carbocycles. The fourth-order valence-corrected chi connectivity index (χ4v) is 10.3. The molecular formula is C54H53N9O7S. The number of fused-ring (bicyclic) bond motifs is 1. The average molecular weight is 972 g/mol. The van der Waals surface area contributed by atoms with Crippen LogP contribution in [0, 0.1) is 22.7 Å². The number of thioether (sulfide) groups is 1. The maximum atomic E-state index is 15.3. The molecule has 3 aliphatic heterocycles. The zero-order valence-corrected chi connectivity index (χ0v) is 40.3. The van der Waals surface area contributed by atoms with Crippen molar-refractivity contribution >= 4 is 64.6 Å². The Kier molecular flexibility index (Phi) is 15.7. The highest BCUT2D eigenvalue weighted by Gasteiger charge is 2.45. The number of ether oxygens (including phenoxy) is 1. The minimum atomic E-state index is -1.08. The number of imide groups is 2. The van der Waals surface area contributed by atoms with Gasteiger partial charge in [-0.3, -0.25) is 34.2 Å². The second-order valence-electron chi connectivity index (χ2n) is 17.5. The Hall–Kier alpha value is -8.02. The standard InChI is InChI=1S/C54H53N9O7S/c1-3-5-29-70-54(69)58-37-25-27-61(28-26-37)48-41(30-55)39(4-2)42(31-56)50(60-48)71-47(36-13-8-6-9-14-36)53(68)62(38-15-10-7-11-16-38)33-35-21-19-34(20-22-35)32-57-43-18-12-17-40-46(43)52(67)63(51(40)66)44-23-24-45(64)59-49(44)65/h6-22,37,44,47,57H,3-5,23-29,32-33H2,1-2H3,(H,58,69)(H,59,64,65).